The van der Waals surface area contributed by atoms with E-state index in [4.69, 9.17) is 0 Å². The van der Waals surface area contributed by atoms with E-state index in [1.807, 2.05) is 19.1 Å². The first-order valence-corrected chi connectivity index (χ1v) is 8.89. The fraction of sp³-hybridized carbons (Fsp3) is 0.273. The zero-order valence-corrected chi connectivity index (χ0v) is 15.7. The Hall–Kier alpha value is -2.92. The number of carboxylic acid groups (broad SMARTS) is 1. The molecule has 2 aromatic carbocycles. The summed E-state index contributed by atoms with van der Waals surface area (Å²) in [6.45, 7) is 6.22. The summed E-state index contributed by atoms with van der Waals surface area (Å²) in [5.74, 6) is -1.26. The van der Waals surface area contributed by atoms with Crippen LogP contribution in [0.25, 0.3) is 10.9 Å². The van der Waals surface area contributed by atoms with Gasteiger partial charge in [-0.1, -0.05) is 18.2 Å². The fourth-order valence-corrected chi connectivity index (χ4v) is 3.43. The predicted octanol–water partition coefficient (Wildman–Crippen LogP) is 3.21. The standard InChI is InChI=1S/C22H23NO4/c1-13-5-4-6-16(15(13)3)10-17-11-18-20(9-14(17)2)23(7-8-24)12-19(21(18)25)22(26)27/h4-6,9,11-12,24H,7-8,10H2,1-3H3,(H,26,27). The number of nitrogens with zero attached hydrogens (tertiary/aromatic N) is 1. The minimum atomic E-state index is -1.26. The number of aliphatic hydroxyl groups is 1. The summed E-state index contributed by atoms with van der Waals surface area (Å²) in [6, 6.07) is 9.86. The van der Waals surface area contributed by atoms with E-state index in [0.717, 1.165) is 11.1 Å². The van der Waals surface area contributed by atoms with Crippen molar-refractivity contribution in [3.05, 3.63) is 80.1 Å². The zero-order chi connectivity index (χ0) is 19.7. The van der Waals surface area contributed by atoms with Crippen molar-refractivity contribution in [1.82, 2.24) is 4.57 Å². The van der Waals surface area contributed by atoms with Crippen molar-refractivity contribution in [1.29, 1.82) is 0 Å². The molecule has 0 radical (unpaired) electrons. The molecule has 0 spiro atoms. The number of benzene rings is 2. The summed E-state index contributed by atoms with van der Waals surface area (Å²) >= 11 is 0. The predicted molar refractivity (Wildman–Crippen MR) is 106 cm³/mol. The van der Waals surface area contributed by atoms with Crippen LogP contribution in [0, 0.1) is 20.8 Å². The van der Waals surface area contributed by atoms with Crippen molar-refractivity contribution in [3.63, 3.8) is 0 Å². The second-order valence-corrected chi connectivity index (χ2v) is 6.93. The largest absolute Gasteiger partial charge is 0.477 e. The normalized spacial score (nSPS) is 11.1. The average Bonchev–Trinajstić information content (AvgIpc) is 2.62. The van der Waals surface area contributed by atoms with Crippen LogP contribution in [-0.2, 0) is 13.0 Å². The number of hydrogen-bond acceptors (Lipinski definition) is 3. The van der Waals surface area contributed by atoms with Crippen molar-refractivity contribution in [2.45, 2.75) is 33.7 Å². The molecule has 27 heavy (non-hydrogen) atoms. The summed E-state index contributed by atoms with van der Waals surface area (Å²) < 4.78 is 1.63. The third-order valence-corrected chi connectivity index (χ3v) is 5.21. The molecule has 0 aliphatic rings. The number of hydrogen-bond donors (Lipinski definition) is 2. The maximum atomic E-state index is 12.7. The van der Waals surface area contributed by atoms with E-state index in [9.17, 15) is 19.8 Å². The molecular formula is C22H23NO4. The van der Waals surface area contributed by atoms with Crippen LogP contribution >= 0.6 is 0 Å². The second-order valence-electron chi connectivity index (χ2n) is 6.93. The Kier molecular flexibility index (Phi) is 5.15. The molecule has 1 heterocycles. The number of aromatic nitrogens is 1. The molecule has 0 aliphatic carbocycles. The third kappa shape index (κ3) is 3.51. The van der Waals surface area contributed by atoms with E-state index in [-0.39, 0.29) is 18.7 Å². The molecule has 3 rings (SSSR count). The number of pyridine rings is 1. The molecule has 0 atom stereocenters. The monoisotopic (exact) mass is 365 g/mol. The maximum Gasteiger partial charge on any atom is 0.341 e. The molecule has 1 aromatic heterocycles. The first-order valence-electron chi connectivity index (χ1n) is 8.89. The van der Waals surface area contributed by atoms with Crippen LogP contribution in [0.5, 0.6) is 0 Å². The Labute approximate surface area is 157 Å². The lowest BCUT2D eigenvalue weighted by Crippen LogP contribution is -2.20. The molecule has 3 aromatic rings. The van der Waals surface area contributed by atoms with Crippen LogP contribution in [0.1, 0.15) is 38.2 Å². The highest BCUT2D eigenvalue weighted by molar-refractivity contribution is 5.93. The van der Waals surface area contributed by atoms with Crippen molar-refractivity contribution in [2.24, 2.45) is 0 Å². The Morgan fingerprint density at radius 2 is 1.81 bits per heavy atom. The van der Waals surface area contributed by atoms with E-state index < -0.39 is 11.4 Å². The summed E-state index contributed by atoms with van der Waals surface area (Å²) in [5, 5.41) is 19.0. The van der Waals surface area contributed by atoms with Gasteiger partial charge in [-0.15, -0.1) is 0 Å². The van der Waals surface area contributed by atoms with Gasteiger partial charge in [0.25, 0.3) is 0 Å². The van der Waals surface area contributed by atoms with Crippen molar-refractivity contribution < 1.29 is 15.0 Å². The van der Waals surface area contributed by atoms with Gasteiger partial charge in [0.05, 0.1) is 12.1 Å². The lowest BCUT2D eigenvalue weighted by atomic mass is 9.93. The first-order chi connectivity index (χ1) is 12.8. The van der Waals surface area contributed by atoms with Crippen LogP contribution < -0.4 is 5.43 Å². The van der Waals surface area contributed by atoms with Crippen LogP contribution in [0.3, 0.4) is 0 Å². The molecule has 5 nitrogen and oxygen atoms in total. The molecule has 0 fully saturated rings. The SMILES string of the molecule is Cc1cc2c(cc1Cc1cccc(C)c1C)c(=O)c(C(=O)O)cn2CCO. The van der Waals surface area contributed by atoms with E-state index >= 15 is 0 Å². The fourth-order valence-electron chi connectivity index (χ4n) is 3.43. The quantitative estimate of drug-likeness (QED) is 0.728. The number of fused-ring (bicyclic) bond motifs is 1. The van der Waals surface area contributed by atoms with E-state index in [1.165, 1.54) is 22.9 Å². The zero-order valence-electron chi connectivity index (χ0n) is 15.7. The molecule has 0 saturated heterocycles. The molecular weight excluding hydrogens is 342 g/mol. The second kappa shape index (κ2) is 7.37. The highest BCUT2D eigenvalue weighted by Gasteiger charge is 2.16. The van der Waals surface area contributed by atoms with Gasteiger partial charge in [0, 0.05) is 18.1 Å². The van der Waals surface area contributed by atoms with Gasteiger partial charge in [0.1, 0.15) is 5.56 Å². The molecule has 140 valence electrons. The van der Waals surface area contributed by atoms with Crippen LogP contribution in [0.2, 0.25) is 0 Å². The van der Waals surface area contributed by atoms with Crippen LogP contribution in [0.4, 0.5) is 0 Å². The number of aryl methyl sites for hydroxylation is 2. The van der Waals surface area contributed by atoms with Gasteiger partial charge in [0.15, 0.2) is 0 Å². The summed E-state index contributed by atoms with van der Waals surface area (Å²) in [4.78, 5) is 24.2. The molecule has 0 aliphatic heterocycles. The van der Waals surface area contributed by atoms with Gasteiger partial charge >= 0.3 is 5.97 Å². The van der Waals surface area contributed by atoms with Gasteiger partial charge in [-0.05, 0) is 67.1 Å². The smallest absolute Gasteiger partial charge is 0.341 e. The number of aromatic carboxylic acids is 1. The molecule has 0 bridgehead atoms. The van der Waals surface area contributed by atoms with Gasteiger partial charge in [-0.3, -0.25) is 4.79 Å². The first kappa shape index (κ1) is 18.9. The lowest BCUT2D eigenvalue weighted by Gasteiger charge is -2.15. The Morgan fingerprint density at radius 3 is 2.48 bits per heavy atom. The number of aliphatic hydroxyl groups excluding tert-OH is 1. The molecule has 2 N–H and O–H groups in total. The maximum absolute atomic E-state index is 12.7. The number of carbonyl (C=O) groups is 1. The highest BCUT2D eigenvalue weighted by atomic mass is 16.4. The van der Waals surface area contributed by atoms with Gasteiger partial charge in [-0.25, -0.2) is 4.79 Å². The minimum Gasteiger partial charge on any atom is -0.477 e. The summed E-state index contributed by atoms with van der Waals surface area (Å²) in [6.07, 6.45) is 1.99. The van der Waals surface area contributed by atoms with Crippen LogP contribution in [0.15, 0.2) is 41.3 Å². The third-order valence-electron chi connectivity index (χ3n) is 5.21. The molecule has 0 amide bonds. The molecule has 0 saturated carbocycles. The lowest BCUT2D eigenvalue weighted by molar-refractivity contribution is 0.0694. The van der Waals surface area contributed by atoms with Crippen molar-refractivity contribution in [2.75, 3.05) is 6.61 Å². The van der Waals surface area contributed by atoms with E-state index in [1.54, 1.807) is 10.6 Å². The van der Waals surface area contributed by atoms with Gasteiger partial charge in [-0.2, -0.15) is 0 Å². The van der Waals surface area contributed by atoms with E-state index in [2.05, 4.69) is 26.0 Å². The van der Waals surface area contributed by atoms with Crippen molar-refractivity contribution in [3.8, 4) is 0 Å². The van der Waals surface area contributed by atoms with Crippen LogP contribution in [-0.4, -0.2) is 27.4 Å². The van der Waals surface area contributed by atoms with Gasteiger partial charge < -0.3 is 14.8 Å². The number of carboxylic acids is 1. The van der Waals surface area contributed by atoms with Crippen molar-refractivity contribution >= 4 is 16.9 Å². The van der Waals surface area contributed by atoms with Gasteiger partial charge in [0.2, 0.25) is 5.43 Å². The minimum absolute atomic E-state index is 0.139. The Morgan fingerprint density at radius 1 is 1.07 bits per heavy atom. The average molecular weight is 365 g/mol. The van der Waals surface area contributed by atoms with E-state index in [0.29, 0.717) is 17.3 Å². The Balaban J connectivity index is 2.23. The topological polar surface area (TPSA) is 79.5 Å². The summed E-state index contributed by atoms with van der Waals surface area (Å²) in [5.41, 5.74) is 5.50. The molecule has 5 heteroatoms. The highest BCUT2D eigenvalue weighted by Crippen LogP contribution is 2.23. The summed E-state index contributed by atoms with van der Waals surface area (Å²) in [7, 11) is 0. The number of rotatable bonds is 5. The Bertz CT molecular complexity index is 1100. The molecule has 0 unspecified atom stereocenters.